The van der Waals surface area contributed by atoms with Crippen molar-refractivity contribution in [3.05, 3.63) is 0 Å². The molecule has 0 saturated heterocycles. The van der Waals surface area contributed by atoms with Crippen molar-refractivity contribution in [1.82, 2.24) is 5.32 Å². The SMILES string of the molecule is O=C(OCC(F)(F)F)[C@H]1CCCC[C@H]1C(=O)NCCC12C[C@H]3CC1C[C@H]3C2. The molecule has 5 saturated carbocycles. The van der Waals surface area contributed by atoms with Crippen molar-refractivity contribution < 1.29 is 27.5 Å². The summed E-state index contributed by atoms with van der Waals surface area (Å²) < 4.78 is 41.3. The average molecular weight is 387 g/mol. The third-order valence-electron chi connectivity index (χ3n) is 7.75. The smallest absolute Gasteiger partial charge is 0.422 e. The molecule has 5 aliphatic rings. The van der Waals surface area contributed by atoms with Gasteiger partial charge < -0.3 is 10.1 Å². The van der Waals surface area contributed by atoms with E-state index in [-0.39, 0.29) is 5.91 Å². The van der Waals surface area contributed by atoms with Crippen LogP contribution in [0.2, 0.25) is 0 Å². The van der Waals surface area contributed by atoms with Crippen LogP contribution >= 0.6 is 0 Å². The maximum Gasteiger partial charge on any atom is 0.422 e. The molecule has 4 bridgehead atoms. The molecule has 1 N–H and O–H groups in total. The lowest BCUT2D eigenvalue weighted by atomic mass is 9.77. The summed E-state index contributed by atoms with van der Waals surface area (Å²) >= 11 is 0. The van der Waals surface area contributed by atoms with E-state index in [2.05, 4.69) is 10.1 Å². The highest BCUT2D eigenvalue weighted by Gasteiger charge is 2.62. The van der Waals surface area contributed by atoms with E-state index in [0.717, 1.165) is 37.0 Å². The van der Waals surface area contributed by atoms with E-state index in [1.807, 2.05) is 0 Å². The van der Waals surface area contributed by atoms with Gasteiger partial charge in [0.2, 0.25) is 5.91 Å². The van der Waals surface area contributed by atoms with Crippen LogP contribution in [-0.2, 0) is 14.3 Å². The molecule has 152 valence electrons. The lowest BCUT2D eigenvalue weighted by molar-refractivity contribution is -0.191. The Labute approximate surface area is 157 Å². The van der Waals surface area contributed by atoms with Gasteiger partial charge in [-0.2, -0.15) is 13.2 Å². The first-order valence-electron chi connectivity index (χ1n) is 10.3. The topological polar surface area (TPSA) is 55.4 Å². The quantitative estimate of drug-likeness (QED) is 0.705. The van der Waals surface area contributed by atoms with Gasteiger partial charge in [-0.3, -0.25) is 9.59 Å². The van der Waals surface area contributed by atoms with Crippen molar-refractivity contribution in [3.63, 3.8) is 0 Å². The highest BCUT2D eigenvalue weighted by molar-refractivity contribution is 5.85. The zero-order valence-electron chi connectivity index (χ0n) is 15.5. The Bertz CT molecular complexity index is 592. The van der Waals surface area contributed by atoms with Crippen LogP contribution in [-0.4, -0.2) is 31.2 Å². The second-order valence-electron chi connectivity index (χ2n) is 9.22. The molecule has 7 heteroatoms. The van der Waals surface area contributed by atoms with Crippen LogP contribution < -0.4 is 5.32 Å². The normalized spacial score (nSPS) is 39.7. The predicted molar refractivity (Wildman–Crippen MR) is 91.5 cm³/mol. The third kappa shape index (κ3) is 3.70. The number of alkyl halides is 3. The summed E-state index contributed by atoms with van der Waals surface area (Å²) in [4.78, 5) is 24.7. The van der Waals surface area contributed by atoms with Gasteiger partial charge in [-0.05, 0) is 68.1 Å². The highest BCUT2D eigenvalue weighted by Crippen LogP contribution is 2.71. The molecule has 5 fully saturated rings. The Morgan fingerprint density at radius 3 is 2.22 bits per heavy atom. The number of carbonyl (C=O) groups excluding carboxylic acids is 2. The molecule has 0 radical (unpaired) electrons. The van der Waals surface area contributed by atoms with Gasteiger partial charge in [0.1, 0.15) is 0 Å². The Balaban J connectivity index is 1.28. The number of halogens is 3. The van der Waals surface area contributed by atoms with E-state index in [1.165, 1.54) is 25.7 Å². The van der Waals surface area contributed by atoms with Crippen LogP contribution in [0.15, 0.2) is 0 Å². The second-order valence-corrected chi connectivity index (χ2v) is 9.22. The standard InChI is InChI=1S/C20H28F3NO3/c21-20(22,23)11-27-18(26)16-4-2-1-3-15(16)17(25)24-6-5-19-9-12-7-14(19)8-13(12)10-19/h12-16H,1-11H2,(H,24,25)/t12-,13+,14?,15-,16+,19?/m1/s1. The molecule has 27 heavy (non-hydrogen) atoms. The van der Waals surface area contributed by atoms with Crippen LogP contribution in [0.5, 0.6) is 0 Å². The molecule has 5 aliphatic carbocycles. The van der Waals surface area contributed by atoms with E-state index >= 15 is 0 Å². The van der Waals surface area contributed by atoms with Gasteiger partial charge in [-0.15, -0.1) is 0 Å². The molecule has 6 atom stereocenters. The van der Waals surface area contributed by atoms with E-state index in [4.69, 9.17) is 0 Å². The zero-order valence-corrected chi connectivity index (χ0v) is 15.5. The number of ether oxygens (including phenoxy) is 1. The fourth-order valence-corrected chi connectivity index (χ4v) is 6.63. The molecule has 0 aromatic carbocycles. The van der Waals surface area contributed by atoms with Crippen molar-refractivity contribution in [2.45, 2.75) is 64.0 Å². The number of hydrogen-bond donors (Lipinski definition) is 1. The van der Waals surface area contributed by atoms with Crippen LogP contribution in [0, 0.1) is 35.0 Å². The molecule has 0 heterocycles. The first kappa shape index (κ1) is 19.1. The lowest BCUT2D eigenvalue weighted by Crippen LogP contribution is -2.42. The minimum atomic E-state index is -4.54. The lowest BCUT2D eigenvalue weighted by Gasteiger charge is -2.31. The molecule has 0 aromatic rings. The summed E-state index contributed by atoms with van der Waals surface area (Å²) in [6.45, 7) is -0.974. The molecule has 2 unspecified atom stereocenters. The van der Waals surface area contributed by atoms with Crippen LogP contribution in [0.4, 0.5) is 13.2 Å². The third-order valence-corrected chi connectivity index (χ3v) is 7.75. The monoisotopic (exact) mass is 387 g/mol. The van der Waals surface area contributed by atoms with Gasteiger partial charge in [0.05, 0.1) is 11.8 Å². The maximum absolute atomic E-state index is 12.6. The number of carbonyl (C=O) groups is 2. The van der Waals surface area contributed by atoms with Gasteiger partial charge >= 0.3 is 12.1 Å². The molecule has 4 nitrogen and oxygen atoms in total. The van der Waals surface area contributed by atoms with Gasteiger partial charge in [-0.25, -0.2) is 0 Å². The van der Waals surface area contributed by atoms with E-state index < -0.39 is 30.6 Å². The Morgan fingerprint density at radius 1 is 1.04 bits per heavy atom. The zero-order chi connectivity index (χ0) is 19.2. The average Bonchev–Trinajstić information content (AvgIpc) is 3.33. The number of nitrogens with one attached hydrogen (secondary N) is 1. The molecule has 1 amide bonds. The van der Waals surface area contributed by atoms with E-state index in [0.29, 0.717) is 24.8 Å². The Morgan fingerprint density at radius 2 is 1.67 bits per heavy atom. The first-order chi connectivity index (χ1) is 12.8. The molecule has 0 aliphatic heterocycles. The molecule has 0 aromatic heterocycles. The fraction of sp³-hybridized carbons (Fsp3) is 0.900. The van der Waals surface area contributed by atoms with Crippen molar-refractivity contribution in [2.24, 2.45) is 35.0 Å². The Kier molecular flexibility index (Phi) is 4.91. The van der Waals surface area contributed by atoms with Crippen molar-refractivity contribution >= 4 is 11.9 Å². The fourth-order valence-electron chi connectivity index (χ4n) is 6.63. The van der Waals surface area contributed by atoms with Gasteiger partial charge in [-0.1, -0.05) is 12.8 Å². The van der Waals surface area contributed by atoms with Crippen molar-refractivity contribution in [2.75, 3.05) is 13.2 Å². The molecule has 5 rings (SSSR count). The number of amides is 1. The summed E-state index contributed by atoms with van der Waals surface area (Å²) in [6.07, 6.45) is 4.28. The second kappa shape index (κ2) is 6.96. The summed E-state index contributed by atoms with van der Waals surface area (Å²) in [5.41, 5.74) is 0.417. The van der Waals surface area contributed by atoms with Crippen LogP contribution in [0.1, 0.15) is 57.8 Å². The van der Waals surface area contributed by atoms with Crippen molar-refractivity contribution in [1.29, 1.82) is 0 Å². The molecule has 0 spiro atoms. The van der Waals surface area contributed by atoms with Gasteiger partial charge in [0.15, 0.2) is 6.61 Å². The Hall–Kier alpha value is -1.27. The van der Waals surface area contributed by atoms with E-state index in [9.17, 15) is 22.8 Å². The number of esters is 1. The van der Waals surface area contributed by atoms with Crippen LogP contribution in [0.25, 0.3) is 0 Å². The van der Waals surface area contributed by atoms with E-state index in [1.54, 1.807) is 0 Å². The minimum Gasteiger partial charge on any atom is -0.456 e. The number of hydrogen-bond acceptors (Lipinski definition) is 3. The minimum absolute atomic E-state index is 0.194. The molecular formula is C20H28F3NO3. The first-order valence-corrected chi connectivity index (χ1v) is 10.3. The number of rotatable bonds is 6. The largest absolute Gasteiger partial charge is 0.456 e. The summed E-state index contributed by atoms with van der Waals surface area (Å²) in [6, 6.07) is 0. The summed E-state index contributed by atoms with van der Waals surface area (Å²) in [7, 11) is 0. The van der Waals surface area contributed by atoms with Gasteiger partial charge in [0, 0.05) is 6.54 Å². The summed E-state index contributed by atoms with van der Waals surface area (Å²) in [5.74, 6) is 0.221. The maximum atomic E-state index is 12.6. The summed E-state index contributed by atoms with van der Waals surface area (Å²) in [5, 5.41) is 2.98. The molecular weight excluding hydrogens is 359 g/mol. The highest BCUT2D eigenvalue weighted by atomic mass is 19.4. The van der Waals surface area contributed by atoms with Gasteiger partial charge in [0.25, 0.3) is 0 Å². The van der Waals surface area contributed by atoms with Crippen LogP contribution in [0.3, 0.4) is 0 Å². The predicted octanol–water partition coefficient (Wildman–Crippen LogP) is 3.84. The van der Waals surface area contributed by atoms with Crippen molar-refractivity contribution in [3.8, 4) is 0 Å².